The second-order valence-electron chi connectivity index (χ2n) is 8.45. The summed E-state index contributed by atoms with van der Waals surface area (Å²) in [6.45, 7) is 4.27. The lowest BCUT2D eigenvalue weighted by Gasteiger charge is -2.23. The first kappa shape index (κ1) is 23.4. The van der Waals surface area contributed by atoms with Crippen LogP contribution in [0.3, 0.4) is 0 Å². The number of carbonyl (C=O) groups is 1. The Kier molecular flexibility index (Phi) is 6.85. The minimum atomic E-state index is -3.06. The zero-order chi connectivity index (χ0) is 23.6. The maximum absolute atomic E-state index is 12.9. The monoisotopic (exact) mass is 485 g/mol. The van der Waals surface area contributed by atoms with Crippen LogP contribution in [0, 0.1) is 0 Å². The van der Waals surface area contributed by atoms with Gasteiger partial charge in [-0.05, 0) is 36.1 Å². The lowest BCUT2D eigenvalue weighted by molar-refractivity contribution is -0.128. The molecule has 1 aliphatic heterocycles. The number of nitrogens with zero attached hydrogens (tertiary/aromatic N) is 5. The van der Waals surface area contributed by atoms with E-state index in [4.69, 9.17) is 0 Å². The normalized spacial score (nSPS) is 17.4. The van der Waals surface area contributed by atoms with Gasteiger partial charge in [0.05, 0.1) is 22.9 Å². The zero-order valence-electron chi connectivity index (χ0n) is 18.9. The predicted octanol–water partition coefficient (Wildman–Crippen LogP) is 3.19. The number of thioether (sulfide) groups is 1. The van der Waals surface area contributed by atoms with Gasteiger partial charge in [-0.25, -0.2) is 8.42 Å². The first-order valence-electron chi connectivity index (χ1n) is 10.8. The number of hydrogen-bond acceptors (Lipinski definition) is 7. The Morgan fingerprint density at radius 3 is 2.67 bits per heavy atom. The van der Waals surface area contributed by atoms with Crippen molar-refractivity contribution in [3.05, 3.63) is 54.4 Å². The van der Waals surface area contributed by atoms with Gasteiger partial charge in [-0.1, -0.05) is 43.8 Å². The summed E-state index contributed by atoms with van der Waals surface area (Å²) in [6, 6.07) is 11.6. The number of carbonyl (C=O) groups excluding carboxylic acids is 1. The summed E-state index contributed by atoms with van der Waals surface area (Å²) in [5.74, 6) is 1.11. The van der Waals surface area contributed by atoms with Crippen LogP contribution < -0.4 is 0 Å². The van der Waals surface area contributed by atoms with Gasteiger partial charge < -0.3 is 4.90 Å². The van der Waals surface area contributed by atoms with Gasteiger partial charge in [-0.15, -0.1) is 10.2 Å². The van der Waals surface area contributed by atoms with Crippen LogP contribution in [-0.4, -0.2) is 69.3 Å². The number of sulfone groups is 1. The molecule has 3 heterocycles. The third-order valence-electron chi connectivity index (χ3n) is 5.83. The summed E-state index contributed by atoms with van der Waals surface area (Å²) >= 11 is 1.30. The minimum Gasteiger partial charge on any atom is -0.341 e. The lowest BCUT2D eigenvalue weighted by Crippen LogP contribution is -2.38. The van der Waals surface area contributed by atoms with Crippen molar-refractivity contribution in [2.24, 2.45) is 0 Å². The Bertz CT molecular complexity index is 1240. The molecule has 174 valence electrons. The van der Waals surface area contributed by atoms with Crippen LogP contribution in [0.4, 0.5) is 0 Å². The van der Waals surface area contributed by atoms with Gasteiger partial charge in [0.15, 0.2) is 20.8 Å². The van der Waals surface area contributed by atoms with Gasteiger partial charge in [-0.2, -0.15) is 0 Å². The van der Waals surface area contributed by atoms with Gasteiger partial charge in [0, 0.05) is 31.0 Å². The van der Waals surface area contributed by atoms with Gasteiger partial charge in [0.25, 0.3) is 0 Å². The van der Waals surface area contributed by atoms with Crippen molar-refractivity contribution in [2.45, 2.75) is 37.4 Å². The van der Waals surface area contributed by atoms with Crippen LogP contribution in [0.15, 0.2) is 53.9 Å². The number of hydrogen-bond donors (Lipinski definition) is 0. The van der Waals surface area contributed by atoms with Crippen molar-refractivity contribution < 1.29 is 13.2 Å². The van der Waals surface area contributed by atoms with E-state index in [2.05, 4.69) is 35.1 Å². The highest BCUT2D eigenvalue weighted by atomic mass is 32.2. The van der Waals surface area contributed by atoms with E-state index >= 15 is 0 Å². The molecule has 1 saturated heterocycles. The van der Waals surface area contributed by atoms with Gasteiger partial charge in [-0.3, -0.25) is 14.3 Å². The van der Waals surface area contributed by atoms with Crippen LogP contribution in [0.5, 0.6) is 0 Å². The van der Waals surface area contributed by atoms with Crippen molar-refractivity contribution in [3.8, 4) is 17.1 Å². The summed E-state index contributed by atoms with van der Waals surface area (Å²) < 4.78 is 25.6. The van der Waals surface area contributed by atoms with Gasteiger partial charge in [0.1, 0.15) is 0 Å². The summed E-state index contributed by atoms with van der Waals surface area (Å²) in [7, 11) is -1.38. The van der Waals surface area contributed by atoms with E-state index in [0.29, 0.717) is 17.4 Å². The van der Waals surface area contributed by atoms with E-state index in [1.54, 1.807) is 24.3 Å². The van der Waals surface area contributed by atoms with E-state index < -0.39 is 9.84 Å². The molecule has 33 heavy (non-hydrogen) atoms. The maximum atomic E-state index is 12.9. The number of benzene rings is 1. The molecule has 0 saturated carbocycles. The predicted molar refractivity (Wildman–Crippen MR) is 129 cm³/mol. The Hall–Kier alpha value is -2.72. The number of aromatic nitrogens is 4. The van der Waals surface area contributed by atoms with Crippen molar-refractivity contribution in [2.75, 3.05) is 24.3 Å². The van der Waals surface area contributed by atoms with Crippen LogP contribution >= 0.6 is 11.8 Å². The fourth-order valence-corrected chi connectivity index (χ4v) is 6.60. The molecule has 3 aromatic rings. The largest absolute Gasteiger partial charge is 0.341 e. The molecule has 0 aliphatic carbocycles. The van der Waals surface area contributed by atoms with Crippen LogP contribution in [-0.2, 0) is 14.6 Å². The average Bonchev–Trinajstić information content (AvgIpc) is 3.40. The molecule has 1 fully saturated rings. The van der Waals surface area contributed by atoms with E-state index in [0.717, 1.165) is 16.8 Å². The van der Waals surface area contributed by atoms with Crippen molar-refractivity contribution in [3.63, 3.8) is 0 Å². The highest BCUT2D eigenvalue weighted by Gasteiger charge is 2.33. The summed E-state index contributed by atoms with van der Waals surface area (Å²) in [5.41, 5.74) is 2.93. The van der Waals surface area contributed by atoms with E-state index in [1.807, 2.05) is 34.9 Å². The molecular formula is C23H27N5O3S2. The molecule has 1 aliphatic rings. The summed E-state index contributed by atoms with van der Waals surface area (Å²) in [6.07, 6.45) is 3.93. The van der Waals surface area contributed by atoms with Crippen LogP contribution in [0.25, 0.3) is 17.1 Å². The molecule has 1 aromatic carbocycles. The number of pyridine rings is 1. The minimum absolute atomic E-state index is 0.0308. The molecule has 0 bridgehead atoms. The fraction of sp³-hybridized carbons (Fsp3) is 0.391. The second-order valence-corrected chi connectivity index (χ2v) is 11.6. The van der Waals surface area contributed by atoms with Crippen molar-refractivity contribution in [1.29, 1.82) is 0 Å². The number of rotatable bonds is 7. The molecular weight excluding hydrogens is 458 g/mol. The van der Waals surface area contributed by atoms with Crippen molar-refractivity contribution in [1.82, 2.24) is 24.6 Å². The Labute approximate surface area is 198 Å². The molecule has 8 nitrogen and oxygen atoms in total. The standard InChI is InChI=1S/C23H27N5O3S2/c1-16(2)19-8-4-5-9-20(19)28-22(17-7-6-11-24-13-17)25-26-23(28)32-14-21(29)27(3)18-10-12-33(30,31)15-18/h4-9,11,13,16,18H,10,12,14-15H2,1-3H3/t18-/m1/s1. The Morgan fingerprint density at radius 2 is 2.00 bits per heavy atom. The molecule has 0 spiro atoms. The molecule has 1 atom stereocenters. The van der Waals surface area contributed by atoms with Crippen molar-refractivity contribution >= 4 is 27.5 Å². The highest BCUT2D eigenvalue weighted by Crippen LogP contribution is 2.32. The highest BCUT2D eigenvalue weighted by molar-refractivity contribution is 7.99. The summed E-state index contributed by atoms with van der Waals surface area (Å²) in [5, 5.41) is 9.43. The molecule has 0 N–H and O–H groups in total. The third kappa shape index (κ3) is 5.11. The van der Waals surface area contributed by atoms with Gasteiger partial charge in [0.2, 0.25) is 5.91 Å². The lowest BCUT2D eigenvalue weighted by atomic mass is 10.0. The van der Waals surface area contributed by atoms with E-state index in [9.17, 15) is 13.2 Å². The topological polar surface area (TPSA) is 98.1 Å². The SMILES string of the molecule is CC(C)c1ccccc1-n1c(SCC(=O)N(C)[C@@H]2CCS(=O)(=O)C2)nnc1-c1cccnc1. The van der Waals surface area contributed by atoms with E-state index in [1.165, 1.54) is 11.8 Å². The molecule has 0 radical (unpaired) electrons. The molecule has 2 aromatic heterocycles. The van der Waals surface area contributed by atoms with Crippen LogP contribution in [0.2, 0.25) is 0 Å². The fourth-order valence-electron chi connectivity index (χ4n) is 3.95. The number of amides is 1. The zero-order valence-corrected chi connectivity index (χ0v) is 20.5. The quantitative estimate of drug-likeness (QED) is 0.474. The molecule has 4 rings (SSSR count). The first-order valence-corrected chi connectivity index (χ1v) is 13.6. The van der Waals surface area contributed by atoms with Crippen LogP contribution in [0.1, 0.15) is 31.7 Å². The molecule has 10 heteroatoms. The third-order valence-corrected chi connectivity index (χ3v) is 8.49. The van der Waals surface area contributed by atoms with E-state index in [-0.39, 0.29) is 35.1 Å². The maximum Gasteiger partial charge on any atom is 0.233 e. The smallest absolute Gasteiger partial charge is 0.233 e. The molecule has 0 unspecified atom stereocenters. The average molecular weight is 486 g/mol. The Balaban J connectivity index is 1.64. The summed E-state index contributed by atoms with van der Waals surface area (Å²) in [4.78, 5) is 18.6. The second kappa shape index (κ2) is 9.64. The number of para-hydroxylation sites is 1. The molecule has 1 amide bonds. The Morgan fingerprint density at radius 1 is 1.21 bits per heavy atom. The van der Waals surface area contributed by atoms with Gasteiger partial charge >= 0.3 is 0 Å². The first-order chi connectivity index (χ1) is 15.8.